The fraction of sp³-hybridized carbons (Fsp3) is 0.929. The number of likely N-dealkylation sites (N-methyl/N-ethyl adjacent to an activating group) is 1. The third-order valence-electron chi connectivity index (χ3n) is 4.96. The average molecular weight is 253 g/mol. The fourth-order valence-electron chi connectivity index (χ4n) is 3.30. The van der Waals surface area contributed by atoms with Crippen LogP contribution in [-0.4, -0.2) is 48.1 Å². The van der Waals surface area contributed by atoms with Crippen LogP contribution in [0, 0.1) is 5.92 Å². The Bertz CT molecular complexity index is 291. The van der Waals surface area contributed by atoms with Gasteiger partial charge in [0.2, 0.25) is 0 Å². The monoisotopic (exact) mass is 253 g/mol. The SMILES string of the molecule is CC1CCC(CN)(N(C)C(=O)N2CCCC2)CC1. The van der Waals surface area contributed by atoms with Crippen LogP contribution in [0.2, 0.25) is 0 Å². The molecule has 0 atom stereocenters. The number of hydrogen-bond acceptors (Lipinski definition) is 2. The number of nitrogens with zero attached hydrogens (tertiary/aromatic N) is 2. The molecule has 2 N–H and O–H groups in total. The van der Waals surface area contributed by atoms with Gasteiger partial charge in [0.1, 0.15) is 0 Å². The van der Waals surface area contributed by atoms with E-state index in [-0.39, 0.29) is 11.6 Å². The third-order valence-corrected chi connectivity index (χ3v) is 4.96. The minimum absolute atomic E-state index is 0.0911. The molecule has 2 aliphatic rings. The number of likely N-dealkylation sites (tertiary alicyclic amines) is 1. The van der Waals surface area contributed by atoms with Gasteiger partial charge in [-0.2, -0.15) is 0 Å². The predicted octanol–water partition coefficient (Wildman–Crippen LogP) is 2.04. The van der Waals surface area contributed by atoms with E-state index >= 15 is 0 Å². The van der Waals surface area contributed by atoms with E-state index in [0.29, 0.717) is 6.54 Å². The minimum Gasteiger partial charge on any atom is -0.328 e. The molecule has 0 spiro atoms. The lowest BCUT2D eigenvalue weighted by Crippen LogP contribution is -2.58. The molecule has 1 heterocycles. The first-order valence-corrected chi connectivity index (χ1v) is 7.32. The maximum Gasteiger partial charge on any atom is 0.320 e. The zero-order valence-corrected chi connectivity index (χ0v) is 11.8. The summed E-state index contributed by atoms with van der Waals surface area (Å²) in [5, 5.41) is 0. The smallest absolute Gasteiger partial charge is 0.320 e. The summed E-state index contributed by atoms with van der Waals surface area (Å²) in [6.45, 7) is 4.72. The van der Waals surface area contributed by atoms with Crippen LogP contribution in [0.4, 0.5) is 4.79 Å². The van der Waals surface area contributed by atoms with Crippen molar-refractivity contribution >= 4 is 6.03 Å². The second kappa shape index (κ2) is 5.47. The Morgan fingerprint density at radius 3 is 2.39 bits per heavy atom. The maximum atomic E-state index is 12.5. The van der Waals surface area contributed by atoms with Crippen LogP contribution in [0.15, 0.2) is 0 Å². The van der Waals surface area contributed by atoms with E-state index in [2.05, 4.69) is 6.92 Å². The van der Waals surface area contributed by atoms with E-state index in [1.54, 1.807) is 0 Å². The van der Waals surface area contributed by atoms with Crippen LogP contribution in [-0.2, 0) is 0 Å². The summed E-state index contributed by atoms with van der Waals surface area (Å²) >= 11 is 0. The van der Waals surface area contributed by atoms with Crippen molar-refractivity contribution in [3.05, 3.63) is 0 Å². The van der Waals surface area contributed by atoms with E-state index in [4.69, 9.17) is 5.73 Å². The van der Waals surface area contributed by atoms with Crippen molar-refractivity contribution in [2.45, 2.75) is 51.0 Å². The average Bonchev–Trinajstić information content (AvgIpc) is 2.92. The second-order valence-electron chi connectivity index (χ2n) is 6.15. The van der Waals surface area contributed by atoms with Gasteiger partial charge in [0.15, 0.2) is 0 Å². The van der Waals surface area contributed by atoms with Crippen molar-refractivity contribution in [2.24, 2.45) is 11.7 Å². The summed E-state index contributed by atoms with van der Waals surface area (Å²) in [5.41, 5.74) is 5.92. The van der Waals surface area contributed by atoms with E-state index in [1.807, 2.05) is 16.8 Å². The Balaban J connectivity index is 2.04. The molecule has 1 aliphatic heterocycles. The van der Waals surface area contributed by atoms with Gasteiger partial charge in [0, 0.05) is 26.7 Å². The van der Waals surface area contributed by atoms with Crippen molar-refractivity contribution in [2.75, 3.05) is 26.7 Å². The van der Waals surface area contributed by atoms with Gasteiger partial charge in [-0.3, -0.25) is 0 Å². The maximum absolute atomic E-state index is 12.5. The molecule has 1 aliphatic carbocycles. The van der Waals surface area contributed by atoms with Gasteiger partial charge in [-0.15, -0.1) is 0 Å². The molecule has 4 heteroatoms. The predicted molar refractivity (Wildman–Crippen MR) is 73.4 cm³/mol. The van der Waals surface area contributed by atoms with Gasteiger partial charge in [-0.25, -0.2) is 4.79 Å². The molecule has 4 nitrogen and oxygen atoms in total. The molecule has 0 bridgehead atoms. The van der Waals surface area contributed by atoms with Crippen LogP contribution < -0.4 is 5.73 Å². The minimum atomic E-state index is -0.0911. The number of rotatable bonds is 2. The van der Waals surface area contributed by atoms with Crippen LogP contribution >= 0.6 is 0 Å². The van der Waals surface area contributed by atoms with E-state index in [1.165, 1.54) is 12.8 Å². The first-order chi connectivity index (χ1) is 8.59. The van der Waals surface area contributed by atoms with Gasteiger partial charge < -0.3 is 15.5 Å². The van der Waals surface area contributed by atoms with Gasteiger partial charge in [0.25, 0.3) is 0 Å². The number of amides is 2. The van der Waals surface area contributed by atoms with Crippen LogP contribution in [0.3, 0.4) is 0 Å². The Morgan fingerprint density at radius 1 is 1.33 bits per heavy atom. The van der Waals surface area contributed by atoms with Crippen molar-refractivity contribution in [1.29, 1.82) is 0 Å². The summed E-state index contributed by atoms with van der Waals surface area (Å²) in [5.74, 6) is 0.778. The van der Waals surface area contributed by atoms with E-state index in [0.717, 1.165) is 44.7 Å². The lowest BCUT2D eigenvalue weighted by atomic mass is 9.76. The second-order valence-corrected chi connectivity index (χ2v) is 6.15. The highest BCUT2D eigenvalue weighted by molar-refractivity contribution is 5.75. The normalized spacial score (nSPS) is 32.6. The molecular formula is C14H27N3O. The molecule has 1 saturated carbocycles. The van der Waals surface area contributed by atoms with E-state index < -0.39 is 0 Å². The Labute approximate surface area is 110 Å². The Morgan fingerprint density at radius 2 is 1.89 bits per heavy atom. The zero-order valence-electron chi connectivity index (χ0n) is 11.8. The summed E-state index contributed by atoms with van der Waals surface area (Å²) < 4.78 is 0. The summed E-state index contributed by atoms with van der Waals surface area (Å²) in [6, 6.07) is 0.188. The molecule has 2 fully saturated rings. The molecular weight excluding hydrogens is 226 g/mol. The summed E-state index contributed by atoms with van der Waals surface area (Å²) in [7, 11) is 1.95. The first kappa shape index (κ1) is 13.7. The molecule has 0 aromatic rings. The highest BCUT2D eigenvalue weighted by Gasteiger charge is 2.40. The molecule has 0 aromatic carbocycles. The lowest BCUT2D eigenvalue weighted by Gasteiger charge is -2.46. The fourth-order valence-corrected chi connectivity index (χ4v) is 3.30. The molecule has 104 valence electrons. The molecule has 18 heavy (non-hydrogen) atoms. The lowest BCUT2D eigenvalue weighted by molar-refractivity contribution is 0.0734. The highest BCUT2D eigenvalue weighted by atomic mass is 16.2. The standard InChI is InChI=1S/C14H27N3O/c1-12-5-7-14(11-15,8-6-12)16(2)13(18)17-9-3-4-10-17/h12H,3-11,15H2,1-2H3. The molecule has 1 saturated heterocycles. The topological polar surface area (TPSA) is 49.6 Å². The van der Waals surface area contributed by atoms with Gasteiger partial charge >= 0.3 is 6.03 Å². The van der Waals surface area contributed by atoms with Crippen molar-refractivity contribution < 1.29 is 4.79 Å². The first-order valence-electron chi connectivity index (χ1n) is 7.32. The molecule has 0 radical (unpaired) electrons. The van der Waals surface area contributed by atoms with Crippen LogP contribution in [0.5, 0.6) is 0 Å². The molecule has 2 rings (SSSR count). The van der Waals surface area contributed by atoms with Crippen LogP contribution in [0.1, 0.15) is 45.4 Å². The van der Waals surface area contributed by atoms with Gasteiger partial charge in [-0.05, 0) is 44.4 Å². The number of urea groups is 1. The molecule has 0 unspecified atom stereocenters. The quantitative estimate of drug-likeness (QED) is 0.818. The van der Waals surface area contributed by atoms with E-state index in [9.17, 15) is 4.79 Å². The number of hydrogen-bond donors (Lipinski definition) is 1. The molecule has 2 amide bonds. The Hall–Kier alpha value is -0.770. The molecule has 0 aromatic heterocycles. The van der Waals surface area contributed by atoms with Crippen molar-refractivity contribution in [1.82, 2.24) is 9.80 Å². The number of carbonyl (C=O) groups is 1. The van der Waals surface area contributed by atoms with Crippen LogP contribution in [0.25, 0.3) is 0 Å². The summed E-state index contributed by atoms with van der Waals surface area (Å²) in [6.07, 6.45) is 6.78. The van der Waals surface area contributed by atoms with Gasteiger partial charge in [0.05, 0.1) is 5.54 Å². The largest absolute Gasteiger partial charge is 0.328 e. The van der Waals surface area contributed by atoms with Crippen molar-refractivity contribution in [3.8, 4) is 0 Å². The highest BCUT2D eigenvalue weighted by Crippen LogP contribution is 2.35. The zero-order chi connectivity index (χ0) is 13.2. The third kappa shape index (κ3) is 2.48. The number of carbonyl (C=O) groups excluding carboxylic acids is 1. The Kier molecular flexibility index (Phi) is 4.15. The van der Waals surface area contributed by atoms with Gasteiger partial charge in [-0.1, -0.05) is 6.92 Å². The van der Waals surface area contributed by atoms with Crippen molar-refractivity contribution in [3.63, 3.8) is 0 Å². The number of nitrogens with two attached hydrogens (primary N) is 1. The summed E-state index contributed by atoms with van der Waals surface area (Å²) in [4.78, 5) is 16.4.